The van der Waals surface area contributed by atoms with Gasteiger partial charge in [0.15, 0.2) is 0 Å². The summed E-state index contributed by atoms with van der Waals surface area (Å²) in [5.74, 6) is -0.597. The maximum absolute atomic E-state index is 12.7. The topological polar surface area (TPSA) is 88.5 Å². The van der Waals surface area contributed by atoms with E-state index in [1.165, 1.54) is 27.1 Å². The lowest BCUT2D eigenvalue weighted by Gasteiger charge is -2.15. The lowest BCUT2D eigenvalue weighted by atomic mass is 10.2. The molecule has 32 heavy (non-hydrogen) atoms. The SMILES string of the molecule is O=C(Cn1c(=O)sc2cc(S(=O)(=O)N3CCCC3)ccc21)Nc1ccc(C(F)(F)F)cc1. The van der Waals surface area contributed by atoms with Crippen LogP contribution in [0.25, 0.3) is 10.2 Å². The molecule has 0 radical (unpaired) electrons. The molecule has 1 aliphatic rings. The number of alkyl halides is 3. The number of amides is 1. The van der Waals surface area contributed by atoms with Gasteiger partial charge in [-0.15, -0.1) is 0 Å². The second kappa shape index (κ2) is 8.34. The van der Waals surface area contributed by atoms with Crippen molar-refractivity contribution < 1.29 is 26.4 Å². The van der Waals surface area contributed by atoms with Gasteiger partial charge < -0.3 is 5.32 Å². The van der Waals surface area contributed by atoms with Gasteiger partial charge in [0.25, 0.3) is 0 Å². The molecule has 7 nitrogen and oxygen atoms in total. The molecule has 0 spiro atoms. The summed E-state index contributed by atoms with van der Waals surface area (Å²) in [4.78, 5) is 24.4. The molecule has 12 heteroatoms. The molecule has 1 N–H and O–H groups in total. The Morgan fingerprint density at radius 2 is 1.72 bits per heavy atom. The molecule has 4 rings (SSSR count). The van der Waals surface area contributed by atoms with Gasteiger partial charge >= 0.3 is 11.0 Å². The van der Waals surface area contributed by atoms with E-state index < -0.39 is 32.5 Å². The van der Waals surface area contributed by atoms with Crippen molar-refractivity contribution in [3.05, 3.63) is 57.7 Å². The van der Waals surface area contributed by atoms with Gasteiger partial charge in [-0.05, 0) is 55.3 Å². The van der Waals surface area contributed by atoms with Gasteiger partial charge in [0.2, 0.25) is 15.9 Å². The standard InChI is InChI=1S/C20H18F3N3O4S2/c21-20(22,23)13-3-5-14(6-4-13)24-18(27)12-26-16-8-7-15(11-17(16)31-19(26)28)32(29,30)25-9-1-2-10-25/h3-8,11H,1-2,9-10,12H2,(H,24,27). The number of anilines is 1. The zero-order valence-corrected chi connectivity index (χ0v) is 18.2. The Kier molecular flexibility index (Phi) is 5.86. The third kappa shape index (κ3) is 4.43. The van der Waals surface area contributed by atoms with Crippen molar-refractivity contribution in [3.63, 3.8) is 0 Å². The zero-order valence-electron chi connectivity index (χ0n) is 16.6. The number of sulfonamides is 1. The van der Waals surface area contributed by atoms with Crippen LogP contribution < -0.4 is 10.2 Å². The fourth-order valence-electron chi connectivity index (χ4n) is 3.52. The first-order valence-corrected chi connectivity index (χ1v) is 11.9. The maximum Gasteiger partial charge on any atom is 0.416 e. The van der Waals surface area contributed by atoms with Crippen LogP contribution in [0.15, 0.2) is 52.2 Å². The van der Waals surface area contributed by atoms with E-state index in [2.05, 4.69) is 5.32 Å². The molecule has 2 heterocycles. The minimum atomic E-state index is -4.48. The summed E-state index contributed by atoms with van der Waals surface area (Å²) >= 11 is 0.824. The number of thiazole rings is 1. The number of halogens is 3. The average molecular weight is 486 g/mol. The van der Waals surface area contributed by atoms with E-state index in [9.17, 15) is 31.2 Å². The summed E-state index contributed by atoms with van der Waals surface area (Å²) in [5.41, 5.74) is -0.271. The van der Waals surface area contributed by atoms with Gasteiger partial charge in [0, 0.05) is 18.8 Å². The summed E-state index contributed by atoms with van der Waals surface area (Å²) in [6.07, 6.45) is -2.87. The highest BCUT2D eigenvalue weighted by atomic mass is 32.2. The van der Waals surface area contributed by atoms with E-state index in [-0.39, 0.29) is 17.1 Å². The van der Waals surface area contributed by atoms with Gasteiger partial charge in [-0.3, -0.25) is 14.2 Å². The van der Waals surface area contributed by atoms with Crippen LogP contribution in [0.1, 0.15) is 18.4 Å². The first kappa shape index (κ1) is 22.5. The van der Waals surface area contributed by atoms with Crippen LogP contribution in [0.2, 0.25) is 0 Å². The number of nitrogens with one attached hydrogen (secondary N) is 1. The fraction of sp³-hybridized carbons (Fsp3) is 0.300. The molecular formula is C20H18F3N3O4S2. The molecule has 1 fully saturated rings. The van der Waals surface area contributed by atoms with Gasteiger partial charge in [-0.25, -0.2) is 8.42 Å². The summed E-state index contributed by atoms with van der Waals surface area (Å²) in [7, 11) is -3.64. The number of carbonyl (C=O) groups is 1. The number of hydrogen-bond acceptors (Lipinski definition) is 5. The number of rotatable bonds is 5. The molecule has 0 unspecified atom stereocenters. The number of carbonyl (C=O) groups excluding carboxylic acids is 1. The van der Waals surface area contributed by atoms with Crippen LogP contribution in [0, 0.1) is 0 Å². The third-order valence-corrected chi connectivity index (χ3v) is 7.98. The molecule has 170 valence electrons. The first-order chi connectivity index (χ1) is 15.1. The van der Waals surface area contributed by atoms with Crippen molar-refractivity contribution in [2.75, 3.05) is 18.4 Å². The second-order valence-electron chi connectivity index (χ2n) is 7.32. The molecule has 0 bridgehead atoms. The van der Waals surface area contributed by atoms with Crippen molar-refractivity contribution >= 4 is 43.2 Å². The molecule has 1 aliphatic heterocycles. The van der Waals surface area contributed by atoms with E-state index in [0.717, 1.165) is 48.4 Å². The van der Waals surface area contributed by atoms with Crippen molar-refractivity contribution in [3.8, 4) is 0 Å². The van der Waals surface area contributed by atoms with Crippen LogP contribution in [-0.2, 0) is 27.5 Å². The van der Waals surface area contributed by atoms with Crippen LogP contribution in [-0.4, -0.2) is 36.3 Å². The van der Waals surface area contributed by atoms with Crippen molar-refractivity contribution in [1.29, 1.82) is 0 Å². The van der Waals surface area contributed by atoms with Gasteiger partial charge in [0.1, 0.15) is 6.54 Å². The predicted octanol–water partition coefficient (Wildman–Crippen LogP) is 3.51. The van der Waals surface area contributed by atoms with E-state index >= 15 is 0 Å². The smallest absolute Gasteiger partial charge is 0.325 e. The molecule has 0 aliphatic carbocycles. The Hall–Kier alpha value is -2.70. The third-order valence-electron chi connectivity index (χ3n) is 5.14. The molecule has 3 aromatic rings. The number of benzene rings is 2. The average Bonchev–Trinajstić information content (AvgIpc) is 3.36. The molecule has 1 amide bonds. The lowest BCUT2D eigenvalue weighted by molar-refractivity contribution is -0.137. The molecule has 2 aromatic carbocycles. The highest BCUT2D eigenvalue weighted by Crippen LogP contribution is 2.30. The Morgan fingerprint density at radius 1 is 1.06 bits per heavy atom. The number of nitrogens with zero attached hydrogens (tertiary/aromatic N) is 2. The van der Waals surface area contributed by atoms with Gasteiger partial charge in [-0.2, -0.15) is 17.5 Å². The number of hydrogen-bond donors (Lipinski definition) is 1. The molecular weight excluding hydrogens is 467 g/mol. The number of aromatic nitrogens is 1. The molecule has 0 saturated carbocycles. The Morgan fingerprint density at radius 3 is 2.34 bits per heavy atom. The normalized spacial score (nSPS) is 15.3. The highest BCUT2D eigenvalue weighted by molar-refractivity contribution is 7.89. The molecule has 1 saturated heterocycles. The van der Waals surface area contributed by atoms with Gasteiger partial charge in [0.05, 0.1) is 20.7 Å². The quantitative estimate of drug-likeness (QED) is 0.599. The predicted molar refractivity (Wildman–Crippen MR) is 114 cm³/mol. The van der Waals surface area contributed by atoms with Crippen molar-refractivity contribution in [1.82, 2.24) is 8.87 Å². The van der Waals surface area contributed by atoms with E-state index in [1.807, 2.05) is 0 Å². The van der Waals surface area contributed by atoms with E-state index in [0.29, 0.717) is 23.3 Å². The minimum Gasteiger partial charge on any atom is -0.325 e. The highest BCUT2D eigenvalue weighted by Gasteiger charge is 2.30. The minimum absolute atomic E-state index is 0.0921. The van der Waals surface area contributed by atoms with Crippen molar-refractivity contribution in [2.24, 2.45) is 0 Å². The van der Waals surface area contributed by atoms with Crippen LogP contribution in [0.3, 0.4) is 0 Å². The first-order valence-electron chi connectivity index (χ1n) is 9.66. The van der Waals surface area contributed by atoms with E-state index in [1.54, 1.807) is 0 Å². The lowest BCUT2D eigenvalue weighted by Crippen LogP contribution is -2.27. The summed E-state index contributed by atoms with van der Waals surface area (Å²) in [6, 6.07) is 8.29. The Labute approximate surface area is 185 Å². The Bertz CT molecular complexity index is 1320. The van der Waals surface area contributed by atoms with E-state index in [4.69, 9.17) is 0 Å². The summed E-state index contributed by atoms with van der Waals surface area (Å²) < 4.78 is 66.5. The van der Waals surface area contributed by atoms with Crippen molar-refractivity contribution in [2.45, 2.75) is 30.5 Å². The van der Waals surface area contributed by atoms with Crippen LogP contribution >= 0.6 is 11.3 Å². The van der Waals surface area contributed by atoms with Crippen LogP contribution in [0.5, 0.6) is 0 Å². The maximum atomic E-state index is 12.7. The largest absolute Gasteiger partial charge is 0.416 e. The van der Waals surface area contributed by atoms with Gasteiger partial charge in [-0.1, -0.05) is 11.3 Å². The second-order valence-corrected chi connectivity index (χ2v) is 10.2. The molecule has 1 aromatic heterocycles. The number of fused-ring (bicyclic) bond motifs is 1. The van der Waals surface area contributed by atoms with Crippen LogP contribution in [0.4, 0.5) is 18.9 Å². The summed E-state index contributed by atoms with van der Waals surface area (Å²) in [5, 5.41) is 2.46. The molecule has 0 atom stereocenters. The Balaban J connectivity index is 1.54. The fourth-order valence-corrected chi connectivity index (χ4v) is 6.07. The monoisotopic (exact) mass is 485 g/mol. The summed E-state index contributed by atoms with van der Waals surface area (Å²) in [6.45, 7) is 0.557. The zero-order chi connectivity index (χ0) is 23.1.